The van der Waals surface area contributed by atoms with Crippen LogP contribution >= 0.6 is 15.9 Å². The summed E-state index contributed by atoms with van der Waals surface area (Å²) in [5, 5.41) is 2.92. The number of rotatable bonds is 5. The Labute approximate surface area is 132 Å². The lowest BCUT2D eigenvalue weighted by molar-refractivity contribution is 0.102. The molecule has 110 valence electrons. The molecule has 0 aliphatic rings. The van der Waals surface area contributed by atoms with Gasteiger partial charge < -0.3 is 15.8 Å². The fourth-order valence-corrected chi connectivity index (χ4v) is 2.20. The summed E-state index contributed by atoms with van der Waals surface area (Å²) >= 11 is 3.31. The highest BCUT2D eigenvalue weighted by Crippen LogP contribution is 2.22. The van der Waals surface area contributed by atoms with Crippen LogP contribution in [0.1, 0.15) is 15.9 Å². The molecule has 0 saturated heterocycles. The minimum atomic E-state index is -0.181. The van der Waals surface area contributed by atoms with Gasteiger partial charge in [-0.1, -0.05) is 18.2 Å². The summed E-state index contributed by atoms with van der Waals surface area (Å²) in [6.45, 7) is 0.609. The highest BCUT2D eigenvalue weighted by atomic mass is 79.9. The molecule has 0 fully saturated rings. The summed E-state index contributed by atoms with van der Waals surface area (Å²) in [5.41, 5.74) is 8.70. The van der Waals surface area contributed by atoms with Crippen molar-refractivity contribution in [3.8, 4) is 0 Å². The number of carbonyl (C=O) groups excluding carboxylic acids is 1. The molecule has 0 spiro atoms. The Hall–Kier alpha value is -1.85. The van der Waals surface area contributed by atoms with Gasteiger partial charge in [0.1, 0.15) is 0 Å². The number of para-hydroxylation sites is 1. The van der Waals surface area contributed by atoms with Gasteiger partial charge in [-0.15, -0.1) is 0 Å². The van der Waals surface area contributed by atoms with Crippen molar-refractivity contribution in [3.05, 3.63) is 58.1 Å². The van der Waals surface area contributed by atoms with Crippen molar-refractivity contribution in [2.75, 3.05) is 24.8 Å². The molecule has 0 heterocycles. The van der Waals surface area contributed by atoms with E-state index in [1.165, 1.54) is 0 Å². The predicted octanol–water partition coefficient (Wildman–Crippen LogP) is 3.47. The summed E-state index contributed by atoms with van der Waals surface area (Å²) in [6, 6.07) is 12.8. The molecule has 0 atom stereocenters. The van der Waals surface area contributed by atoms with Crippen molar-refractivity contribution in [3.63, 3.8) is 0 Å². The van der Waals surface area contributed by atoms with Crippen LogP contribution in [0, 0.1) is 0 Å². The second-order valence-corrected chi connectivity index (χ2v) is 5.44. The maximum Gasteiger partial charge on any atom is 0.255 e. The topological polar surface area (TPSA) is 64.3 Å². The Morgan fingerprint density at radius 3 is 2.76 bits per heavy atom. The maximum absolute atomic E-state index is 12.3. The zero-order valence-corrected chi connectivity index (χ0v) is 13.3. The largest absolute Gasteiger partial charge is 0.398 e. The molecule has 0 bridgehead atoms. The summed E-state index contributed by atoms with van der Waals surface area (Å²) in [6.07, 6.45) is 0.745. The van der Waals surface area contributed by atoms with Gasteiger partial charge in [-0.25, -0.2) is 0 Å². The van der Waals surface area contributed by atoms with Crippen LogP contribution in [-0.4, -0.2) is 19.6 Å². The lowest BCUT2D eigenvalue weighted by atomic mass is 10.1. The lowest BCUT2D eigenvalue weighted by Crippen LogP contribution is -2.14. The first-order chi connectivity index (χ1) is 10.1. The average Bonchev–Trinajstić information content (AvgIpc) is 2.49. The predicted molar refractivity (Wildman–Crippen MR) is 88.5 cm³/mol. The van der Waals surface area contributed by atoms with E-state index in [-0.39, 0.29) is 5.91 Å². The fraction of sp³-hybridized carbons (Fsp3) is 0.188. The molecule has 0 radical (unpaired) electrons. The highest BCUT2D eigenvalue weighted by molar-refractivity contribution is 9.10. The van der Waals surface area contributed by atoms with E-state index in [0.29, 0.717) is 17.9 Å². The van der Waals surface area contributed by atoms with Gasteiger partial charge in [0.2, 0.25) is 0 Å². The SMILES string of the molecule is COCCc1ccccc1NC(=O)c1ccc(Br)c(N)c1. The van der Waals surface area contributed by atoms with Gasteiger partial charge in [0.25, 0.3) is 5.91 Å². The number of ether oxygens (including phenoxy) is 1. The standard InChI is InChI=1S/C16H17BrN2O2/c1-21-9-8-11-4-2-3-5-15(11)19-16(20)12-6-7-13(17)14(18)10-12/h2-7,10H,8-9,18H2,1H3,(H,19,20). The molecule has 1 amide bonds. The highest BCUT2D eigenvalue weighted by Gasteiger charge is 2.10. The number of amides is 1. The van der Waals surface area contributed by atoms with Gasteiger partial charge in [0.05, 0.1) is 6.61 Å². The summed E-state index contributed by atoms with van der Waals surface area (Å²) in [4.78, 5) is 12.3. The lowest BCUT2D eigenvalue weighted by Gasteiger charge is -2.11. The molecule has 0 aliphatic carbocycles. The van der Waals surface area contributed by atoms with Crippen molar-refractivity contribution in [1.82, 2.24) is 0 Å². The third kappa shape index (κ3) is 4.06. The second kappa shape index (κ2) is 7.24. The molecule has 2 aromatic carbocycles. The normalized spacial score (nSPS) is 10.4. The Bertz CT molecular complexity index is 644. The van der Waals surface area contributed by atoms with Gasteiger partial charge in [0, 0.05) is 28.5 Å². The third-order valence-corrected chi connectivity index (χ3v) is 3.82. The first-order valence-electron chi connectivity index (χ1n) is 6.55. The quantitative estimate of drug-likeness (QED) is 0.813. The number of anilines is 2. The minimum absolute atomic E-state index is 0.181. The monoisotopic (exact) mass is 348 g/mol. The zero-order chi connectivity index (χ0) is 15.2. The van der Waals surface area contributed by atoms with Gasteiger partial charge in [-0.05, 0) is 52.2 Å². The molecule has 21 heavy (non-hydrogen) atoms. The van der Waals surface area contributed by atoms with Crippen molar-refractivity contribution >= 4 is 33.2 Å². The van der Waals surface area contributed by atoms with E-state index in [0.717, 1.165) is 22.1 Å². The third-order valence-electron chi connectivity index (χ3n) is 3.10. The van der Waals surface area contributed by atoms with E-state index in [4.69, 9.17) is 10.5 Å². The maximum atomic E-state index is 12.3. The van der Waals surface area contributed by atoms with Gasteiger partial charge in [-0.3, -0.25) is 4.79 Å². The van der Waals surface area contributed by atoms with E-state index >= 15 is 0 Å². The number of methoxy groups -OCH3 is 1. The molecule has 2 rings (SSSR count). The number of nitrogens with two attached hydrogens (primary N) is 1. The average molecular weight is 349 g/mol. The van der Waals surface area contributed by atoms with Crippen molar-refractivity contribution < 1.29 is 9.53 Å². The zero-order valence-electron chi connectivity index (χ0n) is 11.7. The second-order valence-electron chi connectivity index (χ2n) is 4.59. The summed E-state index contributed by atoms with van der Waals surface area (Å²) < 4.78 is 5.86. The Balaban J connectivity index is 2.17. The smallest absolute Gasteiger partial charge is 0.255 e. The van der Waals surface area contributed by atoms with Crippen LogP contribution in [0.15, 0.2) is 46.9 Å². The fourth-order valence-electron chi connectivity index (χ4n) is 1.95. The van der Waals surface area contributed by atoms with Crippen LogP contribution in [0.25, 0.3) is 0 Å². The molecule has 0 aromatic heterocycles. The van der Waals surface area contributed by atoms with Gasteiger partial charge in [0.15, 0.2) is 0 Å². The Morgan fingerprint density at radius 1 is 1.29 bits per heavy atom. The van der Waals surface area contributed by atoms with Crippen LogP contribution in [-0.2, 0) is 11.2 Å². The molecule has 0 saturated carbocycles. The first-order valence-corrected chi connectivity index (χ1v) is 7.34. The molecule has 0 aliphatic heterocycles. The molecule has 3 N–H and O–H groups in total. The number of benzene rings is 2. The minimum Gasteiger partial charge on any atom is -0.398 e. The van der Waals surface area contributed by atoms with Crippen molar-refractivity contribution in [1.29, 1.82) is 0 Å². The van der Waals surface area contributed by atoms with Crippen LogP contribution in [0.2, 0.25) is 0 Å². The van der Waals surface area contributed by atoms with Gasteiger partial charge >= 0.3 is 0 Å². The Morgan fingerprint density at radius 2 is 2.05 bits per heavy atom. The number of nitrogen functional groups attached to an aromatic ring is 1. The van der Waals surface area contributed by atoms with Crippen LogP contribution in [0.3, 0.4) is 0 Å². The summed E-state index contributed by atoms with van der Waals surface area (Å²) in [7, 11) is 1.66. The first kappa shape index (κ1) is 15.5. The molecule has 5 heteroatoms. The van der Waals surface area contributed by atoms with Crippen molar-refractivity contribution in [2.45, 2.75) is 6.42 Å². The summed E-state index contributed by atoms with van der Waals surface area (Å²) in [5.74, 6) is -0.181. The molecular weight excluding hydrogens is 332 g/mol. The van der Waals surface area contributed by atoms with E-state index in [2.05, 4.69) is 21.2 Å². The van der Waals surface area contributed by atoms with E-state index in [1.807, 2.05) is 24.3 Å². The number of carbonyl (C=O) groups is 1. The number of nitrogens with one attached hydrogen (secondary N) is 1. The van der Waals surface area contributed by atoms with Crippen LogP contribution in [0.5, 0.6) is 0 Å². The number of hydrogen-bond acceptors (Lipinski definition) is 3. The molecule has 4 nitrogen and oxygen atoms in total. The van der Waals surface area contributed by atoms with E-state index < -0.39 is 0 Å². The number of halogens is 1. The number of hydrogen-bond donors (Lipinski definition) is 2. The van der Waals surface area contributed by atoms with Gasteiger partial charge in [-0.2, -0.15) is 0 Å². The van der Waals surface area contributed by atoms with E-state index in [9.17, 15) is 4.79 Å². The van der Waals surface area contributed by atoms with E-state index in [1.54, 1.807) is 25.3 Å². The van der Waals surface area contributed by atoms with Crippen LogP contribution < -0.4 is 11.1 Å². The Kier molecular flexibility index (Phi) is 5.36. The molecular formula is C16H17BrN2O2. The van der Waals surface area contributed by atoms with Crippen LogP contribution in [0.4, 0.5) is 11.4 Å². The molecule has 2 aromatic rings. The molecule has 0 unspecified atom stereocenters. The van der Waals surface area contributed by atoms with Crippen molar-refractivity contribution in [2.24, 2.45) is 0 Å².